The van der Waals surface area contributed by atoms with Gasteiger partial charge in [-0.2, -0.15) is 75.4 Å². The summed E-state index contributed by atoms with van der Waals surface area (Å²) in [5.74, 6) is 16.5. The van der Waals surface area contributed by atoms with E-state index in [9.17, 15) is 33.1 Å². The molecule has 7 N–H and O–H groups in total. The van der Waals surface area contributed by atoms with Crippen LogP contribution in [0.5, 0.6) is 0 Å². The van der Waals surface area contributed by atoms with Crippen molar-refractivity contribution in [1.82, 2.24) is 10.6 Å². The summed E-state index contributed by atoms with van der Waals surface area (Å²) < 4.78 is 40.7. The number of nitrogens with one attached hydrogen (secondary N) is 2. The van der Waals surface area contributed by atoms with Crippen LogP contribution in [0.2, 0.25) is 6.32 Å². The molecule has 0 aromatic heterocycles. The van der Waals surface area contributed by atoms with Crippen molar-refractivity contribution >= 4 is 146 Å². The molecule has 7 aliphatic rings. The van der Waals surface area contributed by atoms with Crippen molar-refractivity contribution in [1.29, 1.82) is 0 Å². The molecule has 0 aromatic rings. The third kappa shape index (κ3) is 83.5. The maximum absolute atomic E-state index is 11.4. The summed E-state index contributed by atoms with van der Waals surface area (Å²) in [5, 5.41) is 31.9. The van der Waals surface area contributed by atoms with Gasteiger partial charge in [0, 0.05) is 111 Å². The van der Waals surface area contributed by atoms with Crippen molar-refractivity contribution in [2.24, 2.45) is 17.0 Å². The molecule has 7 saturated heterocycles. The Morgan fingerprint density at radius 1 is 0.695 bits per heavy atom. The zero-order chi connectivity index (χ0) is 59.4. The van der Waals surface area contributed by atoms with Gasteiger partial charge in [-0.15, -0.1) is 12.4 Å². The number of hydrogen-bond donors (Lipinski definition) is 6. The molecular weight excluding hydrogens is 1230 g/mol. The number of rotatable bonds is 5. The van der Waals surface area contributed by atoms with Crippen molar-refractivity contribution in [2.45, 2.75) is 137 Å². The van der Waals surface area contributed by atoms with E-state index in [1.54, 1.807) is 39.5 Å². The van der Waals surface area contributed by atoms with E-state index in [-0.39, 0.29) is 76.4 Å². The molecule has 0 aliphatic carbocycles. The Balaban J connectivity index is -0.000000104. The van der Waals surface area contributed by atoms with Gasteiger partial charge in [-0.3, -0.25) is 24.0 Å². The third-order valence-corrected chi connectivity index (χ3v) is 16.1. The van der Waals surface area contributed by atoms with E-state index in [1.807, 2.05) is 47.0 Å². The molecule has 4 radical (unpaired) electrons. The number of hydrogen-bond acceptors (Lipinski definition) is 21. The zero-order valence-corrected chi connectivity index (χ0v) is 55.7. The van der Waals surface area contributed by atoms with Gasteiger partial charge < -0.3 is 62.6 Å². The Morgan fingerprint density at radius 2 is 1.11 bits per heavy atom. The second-order valence-corrected chi connectivity index (χ2v) is 23.4. The number of carbonyl (C=O) groups excluding carboxylic acids is 6. The fourth-order valence-electron chi connectivity index (χ4n) is 5.90. The first-order valence-corrected chi connectivity index (χ1v) is 33.6. The minimum absolute atomic E-state index is 0. The van der Waals surface area contributed by atoms with E-state index in [0.717, 1.165) is 117 Å². The summed E-state index contributed by atoms with van der Waals surface area (Å²) in [6, 6.07) is 0. The van der Waals surface area contributed by atoms with Crippen LogP contribution in [-0.4, -0.2) is 205 Å². The number of ketones is 3. The standard InChI is InChI=1S/C9H14O3S.2C6H11NOS.C6H13NS.C6H10OS.C5H8OS.C4H6N2O2.C4H8O.C2H5BF.C2H6O.B.2ClH.F2.Li.H3NO/c1-2-12-9(11)7-3-5-13-6-4-8(7)10;8-6-2-5-9-4-1-3-7-6;8-7-6-2-1-4-9-5-3-6;1-3-7-4-2-6-8-5-1;7-6-2-1-4-8-5-3-6;6-5-1-3-7-4-2-5;1-2-8-4(7)3-6-5;1-2-4-5-3-1;1-2-3-4;1-2-3;;;;1-2;;1-2/h7H,2-6H2,1H3;1-5H2,(H,7,8);8H,1-5H2;7H,1-6H2;1-5H2;1-4H2;3H,2H2,1H3;1-4H2;2H2,1H3;3H,2H2,1H3;;2*1H;;;2H,1H2/q;;;;;;;;;;;;;;+1;/p-1/b;;7-6-;;;;;;;;;;;;;. The molecule has 7 heterocycles. The summed E-state index contributed by atoms with van der Waals surface area (Å²) >= 11 is 11.4. The molecule has 0 saturated carbocycles. The average molecular weight is 1320 g/mol. The van der Waals surface area contributed by atoms with Crippen LogP contribution in [0, 0.1) is 5.92 Å². The number of oxime groups is 1. The Bertz CT molecular complexity index is 1430. The van der Waals surface area contributed by atoms with Crippen LogP contribution in [0.15, 0.2) is 5.16 Å². The van der Waals surface area contributed by atoms with Gasteiger partial charge in [0.25, 0.3) is 0 Å². The van der Waals surface area contributed by atoms with E-state index >= 15 is 0 Å². The van der Waals surface area contributed by atoms with Gasteiger partial charge in [-0.05, 0) is 145 Å². The number of aliphatic hydroxyl groups is 1. The normalized spacial score (nSPS) is 18.4. The molecule has 1 unspecified atom stereocenters. The Hall–Kier alpha value is -0.733. The van der Waals surface area contributed by atoms with Gasteiger partial charge in [0.05, 0.1) is 18.9 Å². The minimum atomic E-state index is -0.630. The fraction of sp³-hybridized carbons (Fsp3) is 0.840. The molecule has 7 fully saturated rings. The fourth-order valence-corrected chi connectivity index (χ4v) is 11.4. The second kappa shape index (κ2) is 89.0. The molecule has 7 rings (SSSR count). The van der Waals surface area contributed by atoms with Crippen LogP contribution in [0.4, 0.5) is 13.5 Å². The molecule has 0 spiro atoms. The maximum atomic E-state index is 11.4. The Kier molecular flexibility index (Phi) is 109. The smallest absolute Gasteiger partial charge is 1.00 e. The number of halogens is 5. The largest absolute Gasteiger partial charge is 1.00 e. The van der Waals surface area contributed by atoms with Crippen molar-refractivity contribution in [3.8, 4) is 0 Å². The Morgan fingerprint density at radius 3 is 1.56 bits per heavy atom. The van der Waals surface area contributed by atoms with Gasteiger partial charge >= 0.3 is 44.6 Å². The number of Topliss-reactive ketones (excluding diaryl/α,β-unsaturated/α-hetero) is 3. The zero-order valence-electron chi connectivity index (χ0n) is 49.3. The molecule has 0 aromatic carbocycles. The number of thioether (sulfide) groups is 6. The third-order valence-electron chi connectivity index (χ3n) is 9.73. The summed E-state index contributed by atoms with van der Waals surface area (Å²) in [5.41, 5.74) is 8.70. The number of nitrogens with two attached hydrogens (primary N) is 1. The molecule has 18 nitrogen and oxygen atoms in total. The second-order valence-electron chi connectivity index (χ2n) is 16.0. The van der Waals surface area contributed by atoms with Crippen LogP contribution in [0.3, 0.4) is 0 Å². The molecular formula is C50H96B2Cl2F3LiN6O12S6. The molecule has 0 bridgehead atoms. The van der Waals surface area contributed by atoms with Gasteiger partial charge in [0.15, 0.2) is 0 Å². The number of esters is 2. The molecule has 1 amide bonds. The van der Waals surface area contributed by atoms with Crippen LogP contribution in [0.25, 0.3) is 5.53 Å². The van der Waals surface area contributed by atoms with E-state index in [1.165, 1.54) is 74.0 Å². The van der Waals surface area contributed by atoms with Crippen molar-refractivity contribution in [2.75, 3.05) is 122 Å². The van der Waals surface area contributed by atoms with Crippen LogP contribution in [0.1, 0.15) is 130 Å². The number of amides is 1. The minimum Gasteiger partial charge on any atom is -1.00 e. The van der Waals surface area contributed by atoms with Crippen LogP contribution in [-0.2, 0) is 43.0 Å². The monoisotopic (exact) mass is 1320 g/mol. The number of aliphatic hydroxyl groups excluding tert-OH is 1. The quantitative estimate of drug-likeness (QED) is 0.0337. The van der Waals surface area contributed by atoms with Crippen molar-refractivity contribution in [3.05, 3.63) is 5.53 Å². The van der Waals surface area contributed by atoms with Crippen LogP contribution < -0.4 is 47.8 Å². The van der Waals surface area contributed by atoms with Gasteiger partial charge in [-0.25, -0.2) is 10.7 Å². The maximum Gasteiger partial charge on any atom is 1.00 e. The van der Waals surface area contributed by atoms with Crippen molar-refractivity contribution < 1.29 is 108 Å². The number of ether oxygens (including phenoxy) is 3. The summed E-state index contributed by atoms with van der Waals surface area (Å²) in [7, 11) is 0.625. The van der Waals surface area contributed by atoms with E-state index < -0.39 is 11.9 Å². The molecule has 476 valence electrons. The molecule has 1 atom stereocenters. The van der Waals surface area contributed by atoms with Gasteiger partial charge in [-0.1, -0.05) is 12.1 Å². The Labute approximate surface area is 541 Å². The SMILES string of the molecule is C1CCOC1.C1CNCCCSC1.CCO.CCOC(=O)C1CCSCCC1=O.CCOC(=O)C=[N+]=[N-].CC[B]F.Cl.FF.NO.O/N=C1/CCCSCC1.O=C1CCCSCC1.O=C1CCSCC1.O=C1CCSCCCN1.[B].[Cl-].[Li+]. The molecule has 82 heavy (non-hydrogen) atoms. The topological polar surface area (TPSA) is 290 Å². The average Bonchev–Trinajstić information content (AvgIpc) is 3.64. The van der Waals surface area contributed by atoms with Crippen molar-refractivity contribution in [3.63, 3.8) is 0 Å². The van der Waals surface area contributed by atoms with E-state index in [4.69, 9.17) is 39.7 Å². The molecule has 7 aliphatic heterocycles. The van der Waals surface area contributed by atoms with Gasteiger partial charge in [0.1, 0.15) is 23.3 Å². The predicted octanol–water partition coefficient (Wildman–Crippen LogP) is 3.17. The number of nitrogens with zero attached hydrogens (tertiary/aromatic N) is 3. The first kappa shape index (κ1) is 100. The number of carbonyl (C=O) groups is 6. The van der Waals surface area contributed by atoms with E-state index in [2.05, 4.69) is 43.0 Å². The predicted molar refractivity (Wildman–Crippen MR) is 336 cm³/mol. The first-order chi connectivity index (χ1) is 38.0. The van der Waals surface area contributed by atoms with Crippen LogP contribution >= 0.6 is 83.0 Å². The summed E-state index contributed by atoms with van der Waals surface area (Å²) in [6.45, 7) is 13.1. The summed E-state index contributed by atoms with van der Waals surface area (Å²) in [6.07, 6.45) is 16.9. The van der Waals surface area contributed by atoms with E-state index in [0.29, 0.717) is 64.1 Å². The van der Waals surface area contributed by atoms with Gasteiger partial charge in [0.2, 0.25) is 5.91 Å². The first-order valence-electron chi connectivity index (χ1n) is 26.7. The molecule has 32 heteroatoms. The summed E-state index contributed by atoms with van der Waals surface area (Å²) in [4.78, 5) is 67.1.